The van der Waals surface area contributed by atoms with Gasteiger partial charge in [0.05, 0.1) is 5.60 Å². The van der Waals surface area contributed by atoms with Crippen LogP contribution in [-0.4, -0.2) is 43.4 Å². The average molecular weight is 317 g/mol. The molecule has 3 rings (SSSR count). The Bertz CT molecular complexity index is 494. The first-order valence-corrected chi connectivity index (χ1v) is 9.22. The molecule has 1 atom stereocenters. The summed E-state index contributed by atoms with van der Waals surface area (Å²) in [7, 11) is 0. The minimum atomic E-state index is 0.138. The second-order valence-corrected chi connectivity index (χ2v) is 7.09. The Labute approximate surface area is 141 Å². The van der Waals surface area contributed by atoms with Crippen molar-refractivity contribution in [2.45, 2.75) is 51.7 Å². The molecule has 0 aromatic heterocycles. The molecule has 0 saturated carbocycles. The van der Waals surface area contributed by atoms with E-state index in [0.29, 0.717) is 5.92 Å². The highest BCUT2D eigenvalue weighted by Gasteiger charge is 2.45. The van der Waals surface area contributed by atoms with Gasteiger partial charge in [0.15, 0.2) is 0 Å². The van der Waals surface area contributed by atoms with Crippen LogP contribution in [0.2, 0.25) is 0 Å². The third-order valence-electron chi connectivity index (χ3n) is 5.77. The van der Waals surface area contributed by atoms with E-state index in [1.165, 1.54) is 30.4 Å². The SMILES string of the molecule is CCOCC[C@H]1CCOC12CCN(Cc1ccccc1C)CC2. The van der Waals surface area contributed by atoms with Gasteiger partial charge in [0, 0.05) is 39.5 Å². The number of likely N-dealkylation sites (tertiary alicyclic amines) is 1. The zero-order valence-electron chi connectivity index (χ0n) is 14.7. The van der Waals surface area contributed by atoms with Gasteiger partial charge >= 0.3 is 0 Å². The fourth-order valence-corrected chi connectivity index (χ4v) is 4.23. The first kappa shape index (κ1) is 16.9. The normalized spacial score (nSPS) is 24.3. The molecule has 3 nitrogen and oxygen atoms in total. The third kappa shape index (κ3) is 3.96. The highest BCUT2D eigenvalue weighted by atomic mass is 16.5. The molecule has 2 aliphatic rings. The summed E-state index contributed by atoms with van der Waals surface area (Å²) >= 11 is 0. The predicted molar refractivity (Wildman–Crippen MR) is 93.6 cm³/mol. The van der Waals surface area contributed by atoms with E-state index >= 15 is 0 Å². The van der Waals surface area contributed by atoms with E-state index < -0.39 is 0 Å². The summed E-state index contributed by atoms with van der Waals surface area (Å²) in [5, 5.41) is 0. The van der Waals surface area contributed by atoms with Crippen LogP contribution in [0.25, 0.3) is 0 Å². The minimum absolute atomic E-state index is 0.138. The number of hydrogen-bond donors (Lipinski definition) is 0. The van der Waals surface area contributed by atoms with Crippen molar-refractivity contribution in [1.82, 2.24) is 4.90 Å². The van der Waals surface area contributed by atoms with Crippen molar-refractivity contribution in [3.05, 3.63) is 35.4 Å². The van der Waals surface area contributed by atoms with E-state index in [1.54, 1.807) is 0 Å². The molecule has 0 bridgehead atoms. The highest BCUT2D eigenvalue weighted by Crippen LogP contribution is 2.42. The summed E-state index contributed by atoms with van der Waals surface area (Å²) in [6, 6.07) is 8.75. The first-order chi connectivity index (χ1) is 11.2. The van der Waals surface area contributed by atoms with Crippen LogP contribution >= 0.6 is 0 Å². The number of aryl methyl sites for hydroxylation is 1. The molecule has 1 aromatic carbocycles. The quantitative estimate of drug-likeness (QED) is 0.745. The lowest BCUT2D eigenvalue weighted by atomic mass is 9.78. The lowest BCUT2D eigenvalue weighted by molar-refractivity contribution is -0.0728. The summed E-state index contributed by atoms with van der Waals surface area (Å²) < 4.78 is 11.8. The van der Waals surface area contributed by atoms with Crippen molar-refractivity contribution in [3.63, 3.8) is 0 Å². The summed E-state index contributed by atoms with van der Waals surface area (Å²) in [6.45, 7) is 10.3. The maximum Gasteiger partial charge on any atom is 0.0736 e. The highest BCUT2D eigenvalue weighted by molar-refractivity contribution is 5.25. The van der Waals surface area contributed by atoms with Crippen molar-refractivity contribution in [3.8, 4) is 0 Å². The summed E-state index contributed by atoms with van der Waals surface area (Å²) in [6.07, 6.45) is 4.72. The fraction of sp³-hybridized carbons (Fsp3) is 0.700. The number of ether oxygens (including phenoxy) is 2. The first-order valence-electron chi connectivity index (χ1n) is 9.22. The van der Waals surface area contributed by atoms with Gasteiger partial charge < -0.3 is 9.47 Å². The lowest BCUT2D eigenvalue weighted by Gasteiger charge is -2.42. The van der Waals surface area contributed by atoms with Gasteiger partial charge in [-0.3, -0.25) is 4.90 Å². The molecule has 1 aromatic rings. The zero-order chi connectivity index (χ0) is 16.1. The molecule has 0 radical (unpaired) electrons. The van der Waals surface area contributed by atoms with Gasteiger partial charge in [0.1, 0.15) is 0 Å². The van der Waals surface area contributed by atoms with Crippen molar-refractivity contribution >= 4 is 0 Å². The molecular weight excluding hydrogens is 286 g/mol. The molecule has 0 amide bonds. The van der Waals surface area contributed by atoms with Gasteiger partial charge in [-0.2, -0.15) is 0 Å². The Morgan fingerprint density at radius 1 is 1.26 bits per heavy atom. The molecule has 23 heavy (non-hydrogen) atoms. The van der Waals surface area contributed by atoms with Crippen molar-refractivity contribution in [2.75, 3.05) is 32.9 Å². The van der Waals surface area contributed by atoms with Crippen LogP contribution in [0.5, 0.6) is 0 Å². The van der Waals surface area contributed by atoms with Crippen LogP contribution in [0.1, 0.15) is 43.7 Å². The fourth-order valence-electron chi connectivity index (χ4n) is 4.23. The number of nitrogens with zero attached hydrogens (tertiary/aromatic N) is 1. The summed E-state index contributed by atoms with van der Waals surface area (Å²) in [5.74, 6) is 0.690. The second-order valence-electron chi connectivity index (χ2n) is 7.09. The number of benzene rings is 1. The maximum atomic E-state index is 6.26. The Morgan fingerprint density at radius 3 is 2.78 bits per heavy atom. The number of rotatable bonds is 6. The molecule has 0 aliphatic carbocycles. The molecule has 2 fully saturated rings. The lowest BCUT2D eigenvalue weighted by Crippen LogP contribution is -2.47. The largest absolute Gasteiger partial charge is 0.382 e. The van der Waals surface area contributed by atoms with Crippen LogP contribution in [0, 0.1) is 12.8 Å². The smallest absolute Gasteiger partial charge is 0.0736 e. The van der Waals surface area contributed by atoms with Crippen molar-refractivity contribution in [1.29, 1.82) is 0 Å². The number of piperidine rings is 1. The molecule has 1 spiro atoms. The standard InChI is InChI=1S/C20H31NO2/c1-3-22-14-8-19-9-15-23-20(19)10-12-21(13-11-20)16-18-7-5-4-6-17(18)2/h4-7,19H,3,8-16H2,1-2H3/t19-/m0/s1. The second kappa shape index (κ2) is 7.78. The monoisotopic (exact) mass is 317 g/mol. The molecule has 2 heterocycles. The van der Waals surface area contributed by atoms with Crippen LogP contribution in [0.15, 0.2) is 24.3 Å². The molecule has 2 aliphatic heterocycles. The van der Waals surface area contributed by atoms with Crippen molar-refractivity contribution < 1.29 is 9.47 Å². The summed E-state index contributed by atoms with van der Waals surface area (Å²) in [4.78, 5) is 2.59. The van der Waals surface area contributed by atoms with Gasteiger partial charge in [-0.15, -0.1) is 0 Å². The van der Waals surface area contributed by atoms with E-state index in [2.05, 4.69) is 43.0 Å². The zero-order valence-corrected chi connectivity index (χ0v) is 14.7. The Kier molecular flexibility index (Phi) is 5.73. The minimum Gasteiger partial charge on any atom is -0.382 e. The van der Waals surface area contributed by atoms with Gasteiger partial charge in [-0.25, -0.2) is 0 Å². The third-order valence-corrected chi connectivity index (χ3v) is 5.77. The number of hydrogen-bond acceptors (Lipinski definition) is 3. The van der Waals surface area contributed by atoms with E-state index in [0.717, 1.165) is 45.9 Å². The Balaban J connectivity index is 1.54. The van der Waals surface area contributed by atoms with E-state index in [1.807, 2.05) is 0 Å². The Morgan fingerprint density at radius 2 is 2.04 bits per heavy atom. The van der Waals surface area contributed by atoms with Crippen LogP contribution in [0.4, 0.5) is 0 Å². The van der Waals surface area contributed by atoms with E-state index in [4.69, 9.17) is 9.47 Å². The van der Waals surface area contributed by atoms with Crippen LogP contribution < -0.4 is 0 Å². The maximum absolute atomic E-state index is 6.26. The molecular formula is C20H31NO2. The molecule has 3 heteroatoms. The van der Waals surface area contributed by atoms with Gasteiger partial charge in [0.2, 0.25) is 0 Å². The molecule has 2 saturated heterocycles. The van der Waals surface area contributed by atoms with E-state index in [-0.39, 0.29) is 5.60 Å². The van der Waals surface area contributed by atoms with Gasteiger partial charge in [-0.05, 0) is 56.6 Å². The molecule has 0 unspecified atom stereocenters. The predicted octanol–water partition coefficient (Wildman–Crippen LogP) is 3.79. The van der Waals surface area contributed by atoms with Crippen LogP contribution in [0.3, 0.4) is 0 Å². The van der Waals surface area contributed by atoms with Crippen LogP contribution in [-0.2, 0) is 16.0 Å². The molecule has 0 N–H and O–H groups in total. The topological polar surface area (TPSA) is 21.7 Å². The van der Waals surface area contributed by atoms with Gasteiger partial charge in [0.25, 0.3) is 0 Å². The van der Waals surface area contributed by atoms with E-state index in [9.17, 15) is 0 Å². The average Bonchev–Trinajstić information content (AvgIpc) is 2.95. The Hall–Kier alpha value is -0.900. The molecule has 128 valence electrons. The van der Waals surface area contributed by atoms with Crippen molar-refractivity contribution in [2.24, 2.45) is 5.92 Å². The van der Waals surface area contributed by atoms with Gasteiger partial charge in [-0.1, -0.05) is 24.3 Å². The summed E-state index contributed by atoms with van der Waals surface area (Å²) in [5.41, 5.74) is 3.00.